The SMILES string of the molecule is CCCNc1cc(OCCOC(C)(C)C)cc([N+](=O)[O-])c1. The predicted octanol–water partition coefficient (Wildman–Crippen LogP) is 3.61. The summed E-state index contributed by atoms with van der Waals surface area (Å²) in [5.74, 6) is 0.473. The number of benzene rings is 1. The number of nitrogens with zero attached hydrogens (tertiary/aromatic N) is 1. The number of ether oxygens (including phenoxy) is 2. The van der Waals surface area contributed by atoms with E-state index in [1.807, 2.05) is 27.7 Å². The van der Waals surface area contributed by atoms with Crippen LogP contribution in [0.15, 0.2) is 18.2 Å². The van der Waals surface area contributed by atoms with Crippen molar-refractivity contribution in [1.82, 2.24) is 0 Å². The predicted molar refractivity (Wildman–Crippen MR) is 83.1 cm³/mol. The van der Waals surface area contributed by atoms with Gasteiger partial charge in [-0.05, 0) is 27.2 Å². The summed E-state index contributed by atoms with van der Waals surface area (Å²) in [7, 11) is 0. The van der Waals surface area contributed by atoms with E-state index in [1.165, 1.54) is 12.1 Å². The van der Waals surface area contributed by atoms with Crippen molar-refractivity contribution in [3.8, 4) is 5.75 Å². The first kappa shape index (κ1) is 17.2. The third-order valence-corrected chi connectivity index (χ3v) is 2.57. The van der Waals surface area contributed by atoms with E-state index in [9.17, 15) is 10.1 Å². The molecule has 6 nitrogen and oxygen atoms in total. The molecule has 0 atom stereocenters. The average molecular weight is 296 g/mol. The second kappa shape index (κ2) is 7.83. The fourth-order valence-corrected chi connectivity index (χ4v) is 1.65. The van der Waals surface area contributed by atoms with Crippen LogP contribution in [0.5, 0.6) is 5.75 Å². The lowest BCUT2D eigenvalue weighted by atomic mass is 10.2. The largest absolute Gasteiger partial charge is 0.491 e. The molecule has 0 saturated heterocycles. The van der Waals surface area contributed by atoms with Gasteiger partial charge in [-0.3, -0.25) is 10.1 Å². The maximum Gasteiger partial charge on any atom is 0.275 e. The molecule has 0 saturated carbocycles. The third-order valence-electron chi connectivity index (χ3n) is 2.57. The zero-order valence-corrected chi connectivity index (χ0v) is 13.1. The van der Waals surface area contributed by atoms with Gasteiger partial charge in [-0.15, -0.1) is 0 Å². The van der Waals surface area contributed by atoms with Crippen molar-refractivity contribution in [2.45, 2.75) is 39.7 Å². The van der Waals surface area contributed by atoms with Gasteiger partial charge < -0.3 is 14.8 Å². The minimum atomic E-state index is -0.421. The second-order valence-electron chi connectivity index (χ2n) is 5.71. The summed E-state index contributed by atoms with van der Waals surface area (Å²) in [6.45, 7) is 9.47. The molecule has 0 amide bonds. The summed E-state index contributed by atoms with van der Waals surface area (Å²) < 4.78 is 11.1. The Morgan fingerprint density at radius 1 is 1.24 bits per heavy atom. The highest BCUT2D eigenvalue weighted by atomic mass is 16.6. The van der Waals surface area contributed by atoms with Crippen molar-refractivity contribution in [2.75, 3.05) is 25.1 Å². The molecule has 0 aliphatic carbocycles. The molecule has 1 aromatic carbocycles. The van der Waals surface area contributed by atoms with Crippen molar-refractivity contribution < 1.29 is 14.4 Å². The normalized spacial score (nSPS) is 11.2. The fraction of sp³-hybridized carbons (Fsp3) is 0.600. The van der Waals surface area contributed by atoms with Crippen molar-refractivity contribution in [2.24, 2.45) is 0 Å². The topological polar surface area (TPSA) is 73.6 Å². The van der Waals surface area contributed by atoms with Gasteiger partial charge in [0.25, 0.3) is 5.69 Å². The molecule has 0 spiro atoms. The highest BCUT2D eigenvalue weighted by Gasteiger charge is 2.12. The molecule has 21 heavy (non-hydrogen) atoms. The Bertz CT molecular complexity index is 469. The van der Waals surface area contributed by atoms with Gasteiger partial charge in [0.2, 0.25) is 0 Å². The smallest absolute Gasteiger partial charge is 0.275 e. The first-order valence-electron chi connectivity index (χ1n) is 7.12. The minimum Gasteiger partial charge on any atom is -0.491 e. The van der Waals surface area contributed by atoms with E-state index in [-0.39, 0.29) is 11.3 Å². The van der Waals surface area contributed by atoms with Crippen LogP contribution >= 0.6 is 0 Å². The zero-order chi connectivity index (χ0) is 15.9. The van der Waals surface area contributed by atoms with Gasteiger partial charge in [-0.2, -0.15) is 0 Å². The molecule has 118 valence electrons. The lowest BCUT2D eigenvalue weighted by Crippen LogP contribution is -2.22. The Balaban J connectivity index is 2.67. The summed E-state index contributed by atoms with van der Waals surface area (Å²) in [5.41, 5.74) is 0.487. The number of nitro groups is 1. The second-order valence-corrected chi connectivity index (χ2v) is 5.71. The van der Waals surface area contributed by atoms with Crippen molar-refractivity contribution in [3.05, 3.63) is 28.3 Å². The standard InChI is InChI=1S/C15H24N2O4/c1-5-6-16-12-9-13(17(18)19)11-14(10-12)20-7-8-21-15(2,3)4/h9-11,16H,5-8H2,1-4H3. The number of anilines is 1. The fourth-order valence-electron chi connectivity index (χ4n) is 1.65. The van der Waals surface area contributed by atoms with E-state index < -0.39 is 4.92 Å². The monoisotopic (exact) mass is 296 g/mol. The van der Waals surface area contributed by atoms with Gasteiger partial charge in [0.05, 0.1) is 23.2 Å². The molecule has 0 aliphatic rings. The molecule has 0 bridgehead atoms. The molecular formula is C15H24N2O4. The lowest BCUT2D eigenvalue weighted by molar-refractivity contribution is -0.384. The first-order chi connectivity index (χ1) is 9.81. The number of hydrogen-bond acceptors (Lipinski definition) is 5. The van der Waals surface area contributed by atoms with E-state index in [0.29, 0.717) is 24.7 Å². The van der Waals surface area contributed by atoms with Crippen LogP contribution in [0.4, 0.5) is 11.4 Å². The molecule has 0 aromatic heterocycles. The van der Waals surface area contributed by atoms with Crippen LogP contribution in [0, 0.1) is 10.1 Å². The van der Waals surface area contributed by atoms with E-state index in [0.717, 1.165) is 13.0 Å². The highest BCUT2D eigenvalue weighted by molar-refractivity contribution is 5.56. The van der Waals surface area contributed by atoms with Crippen LogP contribution in [-0.2, 0) is 4.74 Å². The van der Waals surface area contributed by atoms with Crippen LogP contribution in [0.3, 0.4) is 0 Å². The summed E-state index contributed by atoms with van der Waals surface area (Å²) in [4.78, 5) is 10.5. The van der Waals surface area contributed by atoms with E-state index in [4.69, 9.17) is 9.47 Å². The van der Waals surface area contributed by atoms with Crippen LogP contribution in [-0.4, -0.2) is 30.3 Å². The Labute approximate surface area is 125 Å². The maximum absolute atomic E-state index is 10.9. The Morgan fingerprint density at radius 2 is 1.95 bits per heavy atom. The lowest BCUT2D eigenvalue weighted by Gasteiger charge is -2.19. The summed E-state index contributed by atoms with van der Waals surface area (Å²) >= 11 is 0. The molecule has 0 unspecified atom stereocenters. The van der Waals surface area contributed by atoms with Crippen LogP contribution in [0.2, 0.25) is 0 Å². The van der Waals surface area contributed by atoms with Crippen LogP contribution in [0.25, 0.3) is 0 Å². The van der Waals surface area contributed by atoms with Crippen LogP contribution < -0.4 is 10.1 Å². The van der Waals surface area contributed by atoms with Crippen LogP contribution in [0.1, 0.15) is 34.1 Å². The van der Waals surface area contributed by atoms with E-state index >= 15 is 0 Å². The quantitative estimate of drug-likeness (QED) is 0.450. The summed E-state index contributed by atoms with van der Waals surface area (Å²) in [5, 5.41) is 14.1. The van der Waals surface area contributed by atoms with E-state index in [1.54, 1.807) is 6.07 Å². The number of hydrogen-bond donors (Lipinski definition) is 1. The first-order valence-corrected chi connectivity index (χ1v) is 7.12. The minimum absolute atomic E-state index is 0.0165. The number of nitro benzene ring substituents is 1. The van der Waals surface area contributed by atoms with Gasteiger partial charge in [0.1, 0.15) is 12.4 Å². The Hall–Kier alpha value is -1.82. The van der Waals surface area contributed by atoms with Gasteiger partial charge in [0.15, 0.2) is 0 Å². The third kappa shape index (κ3) is 6.94. The number of nitrogens with one attached hydrogen (secondary N) is 1. The van der Waals surface area contributed by atoms with Gasteiger partial charge >= 0.3 is 0 Å². The number of non-ortho nitro benzene ring substituents is 1. The molecule has 1 N–H and O–H groups in total. The molecule has 0 aliphatic heterocycles. The molecular weight excluding hydrogens is 272 g/mol. The summed E-state index contributed by atoms with van der Waals surface area (Å²) in [6, 6.07) is 4.70. The molecule has 6 heteroatoms. The maximum atomic E-state index is 10.9. The summed E-state index contributed by atoms with van der Waals surface area (Å²) in [6.07, 6.45) is 0.943. The van der Waals surface area contributed by atoms with Crippen molar-refractivity contribution in [3.63, 3.8) is 0 Å². The average Bonchev–Trinajstić information content (AvgIpc) is 2.40. The molecule has 0 heterocycles. The van der Waals surface area contributed by atoms with Gasteiger partial charge in [-0.25, -0.2) is 0 Å². The Kier molecular flexibility index (Phi) is 6.42. The van der Waals surface area contributed by atoms with Gasteiger partial charge in [0, 0.05) is 24.4 Å². The molecule has 0 radical (unpaired) electrons. The number of rotatable bonds is 8. The van der Waals surface area contributed by atoms with E-state index in [2.05, 4.69) is 5.32 Å². The Morgan fingerprint density at radius 3 is 2.52 bits per heavy atom. The molecule has 1 aromatic rings. The van der Waals surface area contributed by atoms with Crippen molar-refractivity contribution >= 4 is 11.4 Å². The molecule has 0 fully saturated rings. The zero-order valence-electron chi connectivity index (χ0n) is 13.1. The highest BCUT2D eigenvalue weighted by Crippen LogP contribution is 2.26. The van der Waals surface area contributed by atoms with Gasteiger partial charge in [-0.1, -0.05) is 6.92 Å². The van der Waals surface area contributed by atoms with Crippen molar-refractivity contribution in [1.29, 1.82) is 0 Å². The molecule has 1 rings (SSSR count).